The number of nitrogens with two attached hydrogens (primary N) is 1. The quantitative estimate of drug-likeness (QED) is 0.363. The number of aliphatic imine (C=N–C) groups is 1. The number of benzene rings is 1. The number of ether oxygens (including phenoxy) is 1. The molecule has 1 aromatic heterocycles. The summed E-state index contributed by atoms with van der Waals surface area (Å²) >= 11 is 5.80. The van der Waals surface area contributed by atoms with E-state index >= 15 is 0 Å². The van der Waals surface area contributed by atoms with Crippen LogP contribution >= 0.6 is 11.6 Å². The van der Waals surface area contributed by atoms with E-state index in [0.717, 1.165) is 18.3 Å². The van der Waals surface area contributed by atoms with Crippen LogP contribution < -0.4 is 21.3 Å². The van der Waals surface area contributed by atoms with E-state index in [2.05, 4.69) is 27.2 Å². The molecular formula is C22H22ClN7O3. The highest BCUT2D eigenvalue weighted by Crippen LogP contribution is 2.21. The molecule has 5 N–H and O–H groups in total. The first-order valence-electron chi connectivity index (χ1n) is 9.86. The molecule has 0 aliphatic carbocycles. The molecule has 1 aliphatic heterocycles. The van der Waals surface area contributed by atoms with Crippen molar-refractivity contribution >= 4 is 52.3 Å². The Kier molecular flexibility index (Phi) is 7.77. The van der Waals surface area contributed by atoms with Crippen molar-refractivity contribution in [3.8, 4) is 0 Å². The van der Waals surface area contributed by atoms with Gasteiger partial charge in [0.25, 0.3) is 17.8 Å². The minimum absolute atomic E-state index is 0.0846. The van der Waals surface area contributed by atoms with E-state index in [9.17, 15) is 9.59 Å². The molecule has 33 heavy (non-hydrogen) atoms. The van der Waals surface area contributed by atoms with Crippen LogP contribution in [0.1, 0.15) is 6.42 Å². The fourth-order valence-corrected chi connectivity index (χ4v) is 2.98. The van der Waals surface area contributed by atoms with Gasteiger partial charge in [0.2, 0.25) is 0 Å². The number of rotatable bonds is 7. The van der Waals surface area contributed by atoms with E-state index in [4.69, 9.17) is 27.5 Å². The third-order valence-corrected chi connectivity index (χ3v) is 4.70. The highest BCUT2D eigenvalue weighted by atomic mass is 35.5. The van der Waals surface area contributed by atoms with Crippen LogP contribution in [-0.2, 0) is 14.3 Å². The van der Waals surface area contributed by atoms with Crippen LogP contribution in [-0.4, -0.2) is 41.7 Å². The SMILES string of the molecule is C=C(C(=O)Nc1ccc(N2CCCOC2=N)cc1)/C(=N\C=C/N)C(=O)Nc1ccc(Cl)cn1. The Hall–Kier alpha value is -4.18. The predicted octanol–water partition coefficient (Wildman–Crippen LogP) is 2.90. The van der Waals surface area contributed by atoms with Gasteiger partial charge in [-0.3, -0.25) is 19.9 Å². The maximum absolute atomic E-state index is 12.7. The summed E-state index contributed by atoms with van der Waals surface area (Å²) < 4.78 is 5.25. The molecule has 0 atom stereocenters. The van der Waals surface area contributed by atoms with Crippen LogP contribution in [0.2, 0.25) is 5.02 Å². The number of nitrogens with one attached hydrogen (secondary N) is 3. The molecule has 10 nitrogen and oxygen atoms in total. The molecule has 0 spiro atoms. The van der Waals surface area contributed by atoms with Gasteiger partial charge in [0.05, 0.1) is 17.2 Å². The first-order chi connectivity index (χ1) is 15.9. The fourth-order valence-electron chi connectivity index (χ4n) is 2.87. The van der Waals surface area contributed by atoms with E-state index < -0.39 is 11.8 Å². The van der Waals surface area contributed by atoms with Crippen molar-refractivity contribution in [1.29, 1.82) is 5.41 Å². The Labute approximate surface area is 195 Å². The highest BCUT2D eigenvalue weighted by molar-refractivity contribution is 6.54. The molecule has 2 heterocycles. The van der Waals surface area contributed by atoms with Gasteiger partial charge >= 0.3 is 0 Å². The number of amidine groups is 1. The smallest absolute Gasteiger partial charge is 0.288 e. The topological polar surface area (TPSA) is 146 Å². The van der Waals surface area contributed by atoms with Gasteiger partial charge in [-0.05, 0) is 42.8 Å². The molecular weight excluding hydrogens is 446 g/mol. The van der Waals surface area contributed by atoms with Gasteiger partial charge in [-0.25, -0.2) is 9.98 Å². The van der Waals surface area contributed by atoms with Crippen molar-refractivity contribution in [2.75, 3.05) is 28.7 Å². The lowest BCUT2D eigenvalue weighted by Gasteiger charge is -2.28. The van der Waals surface area contributed by atoms with Crippen LogP contribution in [0.3, 0.4) is 0 Å². The summed E-state index contributed by atoms with van der Waals surface area (Å²) in [6.07, 6.45) is 4.48. The van der Waals surface area contributed by atoms with Crippen LogP contribution in [0.25, 0.3) is 0 Å². The summed E-state index contributed by atoms with van der Waals surface area (Å²) in [5.74, 6) is -1.09. The molecule has 170 valence electrons. The second-order valence-electron chi connectivity index (χ2n) is 6.77. The van der Waals surface area contributed by atoms with Crippen molar-refractivity contribution in [2.24, 2.45) is 10.7 Å². The van der Waals surface area contributed by atoms with Crippen LogP contribution in [0.5, 0.6) is 0 Å². The number of hydrogen-bond donors (Lipinski definition) is 4. The van der Waals surface area contributed by atoms with Crippen molar-refractivity contribution < 1.29 is 14.3 Å². The zero-order valence-corrected chi connectivity index (χ0v) is 18.3. The summed E-state index contributed by atoms with van der Waals surface area (Å²) in [5, 5.41) is 13.5. The maximum Gasteiger partial charge on any atom is 0.288 e. The second-order valence-corrected chi connectivity index (χ2v) is 7.21. The molecule has 0 saturated carbocycles. The first-order valence-corrected chi connectivity index (χ1v) is 10.2. The van der Waals surface area contributed by atoms with Gasteiger partial charge in [-0.1, -0.05) is 18.2 Å². The van der Waals surface area contributed by atoms with Crippen molar-refractivity contribution in [3.05, 3.63) is 72.2 Å². The van der Waals surface area contributed by atoms with E-state index in [0.29, 0.717) is 23.9 Å². The molecule has 1 saturated heterocycles. The van der Waals surface area contributed by atoms with Gasteiger partial charge in [0.15, 0.2) is 0 Å². The standard InChI is InChI=1S/C22H22ClN7O3/c1-14(19(26-10-9-24)21(32)29-18-8-3-15(23)13-27-18)20(31)28-16-4-6-17(7-5-16)30-11-2-12-33-22(30)25/h3-10,13,25H,1-2,11-12,24H2,(H,28,31)(H,27,29,32)/b10-9-,25-22?,26-19+. The average molecular weight is 468 g/mol. The summed E-state index contributed by atoms with van der Waals surface area (Å²) in [6, 6.07) is 10.0. The van der Waals surface area contributed by atoms with Gasteiger partial charge in [-0.15, -0.1) is 0 Å². The minimum Gasteiger partial charge on any atom is -0.465 e. The lowest BCUT2D eigenvalue weighted by Crippen LogP contribution is -2.38. The molecule has 0 bridgehead atoms. The number of carbonyl (C=O) groups excluding carboxylic acids is 2. The Morgan fingerprint density at radius 3 is 2.61 bits per heavy atom. The summed E-state index contributed by atoms with van der Waals surface area (Å²) in [5.41, 5.74) is 6.16. The number of nitrogens with zero attached hydrogens (tertiary/aromatic N) is 3. The number of hydrogen-bond acceptors (Lipinski definition) is 7. The van der Waals surface area contributed by atoms with Gasteiger partial charge in [0.1, 0.15) is 11.5 Å². The monoisotopic (exact) mass is 467 g/mol. The van der Waals surface area contributed by atoms with E-state index in [-0.39, 0.29) is 23.1 Å². The number of amides is 2. The van der Waals surface area contributed by atoms with Crippen LogP contribution in [0.4, 0.5) is 17.2 Å². The van der Waals surface area contributed by atoms with Crippen LogP contribution in [0.15, 0.2) is 72.1 Å². The van der Waals surface area contributed by atoms with Gasteiger partial charge in [-0.2, -0.15) is 0 Å². The van der Waals surface area contributed by atoms with Crippen LogP contribution in [0, 0.1) is 5.41 Å². The Balaban J connectivity index is 1.69. The molecule has 0 unspecified atom stereocenters. The third-order valence-electron chi connectivity index (χ3n) is 4.48. The van der Waals surface area contributed by atoms with Gasteiger partial charge < -0.3 is 21.1 Å². The number of halogens is 1. The highest BCUT2D eigenvalue weighted by Gasteiger charge is 2.22. The molecule has 0 radical (unpaired) electrons. The number of pyridine rings is 1. The number of carbonyl (C=O) groups is 2. The predicted molar refractivity (Wildman–Crippen MR) is 128 cm³/mol. The fraction of sp³-hybridized carbons (Fsp3) is 0.136. The zero-order chi connectivity index (χ0) is 23.8. The van der Waals surface area contributed by atoms with Crippen molar-refractivity contribution in [1.82, 2.24) is 4.98 Å². The van der Waals surface area contributed by atoms with Crippen molar-refractivity contribution in [2.45, 2.75) is 6.42 Å². The molecule has 11 heteroatoms. The van der Waals surface area contributed by atoms with Gasteiger partial charge in [0, 0.05) is 36.5 Å². The Bertz CT molecular complexity index is 1110. The number of anilines is 3. The Morgan fingerprint density at radius 1 is 1.21 bits per heavy atom. The molecule has 1 aromatic carbocycles. The lowest BCUT2D eigenvalue weighted by molar-refractivity contribution is -0.113. The lowest BCUT2D eigenvalue weighted by atomic mass is 10.1. The summed E-state index contributed by atoms with van der Waals surface area (Å²) in [7, 11) is 0. The summed E-state index contributed by atoms with van der Waals surface area (Å²) in [6.45, 7) is 4.91. The van der Waals surface area contributed by atoms with E-state index in [1.807, 2.05) is 0 Å². The molecule has 2 aromatic rings. The minimum atomic E-state index is -0.693. The molecule has 1 aliphatic rings. The third kappa shape index (κ3) is 6.17. The normalized spacial score (nSPS) is 14.0. The zero-order valence-electron chi connectivity index (χ0n) is 17.5. The summed E-state index contributed by atoms with van der Waals surface area (Å²) in [4.78, 5) is 35.1. The number of aromatic nitrogens is 1. The van der Waals surface area contributed by atoms with Crippen molar-refractivity contribution in [3.63, 3.8) is 0 Å². The average Bonchev–Trinajstić information content (AvgIpc) is 2.81. The molecule has 3 rings (SSSR count). The molecule has 2 amide bonds. The maximum atomic E-state index is 12.7. The second kappa shape index (κ2) is 10.9. The Morgan fingerprint density at radius 2 is 1.97 bits per heavy atom. The largest absolute Gasteiger partial charge is 0.465 e. The van der Waals surface area contributed by atoms with E-state index in [1.54, 1.807) is 35.2 Å². The van der Waals surface area contributed by atoms with E-state index in [1.165, 1.54) is 18.5 Å². The molecule has 1 fully saturated rings. The first kappa shape index (κ1) is 23.5.